The fourth-order valence-corrected chi connectivity index (χ4v) is 4.46. The van der Waals surface area contributed by atoms with Gasteiger partial charge in [0.15, 0.2) is 0 Å². The number of carbonyl (C=O) groups is 2. The van der Waals surface area contributed by atoms with Crippen molar-refractivity contribution < 1.29 is 14.0 Å². The van der Waals surface area contributed by atoms with Crippen molar-refractivity contribution in [2.24, 2.45) is 11.8 Å². The van der Waals surface area contributed by atoms with E-state index in [1.807, 2.05) is 36.4 Å². The number of nitrogens with zero attached hydrogens (tertiary/aromatic N) is 1. The van der Waals surface area contributed by atoms with Gasteiger partial charge < -0.3 is 0 Å². The van der Waals surface area contributed by atoms with Gasteiger partial charge in [0.25, 0.3) is 0 Å². The average Bonchev–Trinajstić information content (AvgIpc) is 2.87. The van der Waals surface area contributed by atoms with Crippen LogP contribution in [0.3, 0.4) is 0 Å². The molecule has 1 saturated heterocycles. The Morgan fingerprint density at radius 1 is 0.840 bits per heavy atom. The first-order valence-corrected chi connectivity index (χ1v) is 9.00. The summed E-state index contributed by atoms with van der Waals surface area (Å²) >= 11 is 1.34. The molecular weight excluding hydrogens is 337 g/mol. The second kappa shape index (κ2) is 6.48. The van der Waals surface area contributed by atoms with Crippen LogP contribution in [0.1, 0.15) is 12.8 Å². The van der Waals surface area contributed by atoms with Gasteiger partial charge in [0.2, 0.25) is 11.8 Å². The van der Waals surface area contributed by atoms with Crippen molar-refractivity contribution >= 4 is 29.3 Å². The summed E-state index contributed by atoms with van der Waals surface area (Å²) in [6.07, 6.45) is 0.289. The van der Waals surface area contributed by atoms with Gasteiger partial charge in [-0.3, -0.25) is 14.5 Å². The van der Waals surface area contributed by atoms with E-state index in [2.05, 4.69) is 0 Å². The summed E-state index contributed by atoms with van der Waals surface area (Å²) < 4.78 is 14.6. The van der Waals surface area contributed by atoms with Crippen molar-refractivity contribution in [3.8, 4) is 0 Å². The van der Waals surface area contributed by atoms with Crippen LogP contribution >= 0.6 is 11.8 Å². The number of allylic oxidation sites excluding steroid dienone is 2. The molecule has 2 amide bonds. The van der Waals surface area contributed by atoms with Gasteiger partial charge in [-0.05, 0) is 30.7 Å². The number of para-hydroxylation sites is 1. The predicted octanol–water partition coefficient (Wildman–Crippen LogP) is 4.56. The number of anilines is 1. The van der Waals surface area contributed by atoms with Gasteiger partial charge in [-0.25, -0.2) is 4.39 Å². The van der Waals surface area contributed by atoms with Crippen LogP contribution in [0.15, 0.2) is 76.3 Å². The van der Waals surface area contributed by atoms with E-state index in [-0.39, 0.29) is 30.5 Å². The molecule has 5 heteroatoms. The number of fused-ring (bicyclic) bond motifs is 1. The molecule has 4 rings (SSSR count). The molecule has 3 nitrogen and oxygen atoms in total. The minimum Gasteiger partial charge on any atom is -0.274 e. The first-order chi connectivity index (χ1) is 12.1. The van der Waals surface area contributed by atoms with Crippen LogP contribution < -0.4 is 4.90 Å². The molecule has 0 radical (unpaired) electrons. The van der Waals surface area contributed by atoms with Gasteiger partial charge in [-0.2, -0.15) is 0 Å². The zero-order valence-electron chi connectivity index (χ0n) is 13.4. The fourth-order valence-electron chi connectivity index (χ4n) is 3.42. The third-order valence-electron chi connectivity index (χ3n) is 4.67. The van der Waals surface area contributed by atoms with Crippen LogP contribution in [0.4, 0.5) is 10.1 Å². The van der Waals surface area contributed by atoms with Crippen LogP contribution in [0.2, 0.25) is 0 Å². The molecule has 126 valence electrons. The summed E-state index contributed by atoms with van der Waals surface area (Å²) in [6, 6.07) is 18.4. The summed E-state index contributed by atoms with van der Waals surface area (Å²) in [5, 5.41) is 0. The summed E-state index contributed by atoms with van der Waals surface area (Å²) in [4.78, 5) is 28.2. The molecule has 1 heterocycles. The Labute approximate surface area is 149 Å². The second-order valence-corrected chi connectivity index (χ2v) is 7.38. The van der Waals surface area contributed by atoms with E-state index < -0.39 is 11.8 Å². The van der Waals surface area contributed by atoms with Crippen molar-refractivity contribution in [1.29, 1.82) is 0 Å². The molecule has 2 atom stereocenters. The van der Waals surface area contributed by atoms with Crippen LogP contribution in [-0.2, 0) is 9.59 Å². The maximum atomic E-state index is 14.6. The van der Waals surface area contributed by atoms with E-state index in [0.717, 1.165) is 4.90 Å². The lowest BCUT2D eigenvalue weighted by atomic mass is 9.84. The highest BCUT2D eigenvalue weighted by Gasteiger charge is 2.50. The van der Waals surface area contributed by atoms with Gasteiger partial charge in [0.05, 0.1) is 17.5 Å². The van der Waals surface area contributed by atoms with Crippen molar-refractivity contribution in [3.63, 3.8) is 0 Å². The molecule has 1 aliphatic heterocycles. The highest BCUT2D eigenvalue weighted by Crippen LogP contribution is 2.47. The molecule has 2 aliphatic rings. The Kier molecular flexibility index (Phi) is 4.17. The monoisotopic (exact) mass is 353 g/mol. The third kappa shape index (κ3) is 2.89. The molecule has 0 spiro atoms. The number of carbonyl (C=O) groups excluding carboxylic acids is 2. The summed E-state index contributed by atoms with van der Waals surface area (Å²) in [7, 11) is 0. The highest BCUT2D eigenvalue weighted by atomic mass is 32.2. The van der Waals surface area contributed by atoms with Crippen molar-refractivity contribution in [3.05, 3.63) is 71.4 Å². The molecule has 0 saturated carbocycles. The fraction of sp³-hybridized carbons (Fsp3) is 0.200. The molecule has 2 unspecified atom stereocenters. The van der Waals surface area contributed by atoms with Gasteiger partial charge in [-0.1, -0.05) is 48.2 Å². The van der Waals surface area contributed by atoms with E-state index in [9.17, 15) is 14.0 Å². The van der Waals surface area contributed by atoms with Gasteiger partial charge >= 0.3 is 0 Å². The Bertz CT molecular complexity index is 851. The zero-order valence-corrected chi connectivity index (χ0v) is 14.2. The topological polar surface area (TPSA) is 37.4 Å². The Hall–Kier alpha value is -2.40. The SMILES string of the molecule is O=C1C2CC(F)=C(Sc3ccccc3)CC2C(=O)N1c1ccccc1. The standard InChI is InChI=1S/C20H16FNO2S/c21-17-11-15-16(12-18(17)25-14-9-5-2-6-10-14)20(24)22(19(15)23)13-7-3-1-4-8-13/h1-10,15-16H,11-12H2. The van der Waals surface area contributed by atoms with Gasteiger partial charge in [0.1, 0.15) is 5.83 Å². The molecule has 2 aromatic rings. The summed E-state index contributed by atoms with van der Waals surface area (Å²) in [6.45, 7) is 0. The van der Waals surface area contributed by atoms with Gasteiger partial charge in [0, 0.05) is 16.2 Å². The molecule has 1 aliphatic carbocycles. The number of thioether (sulfide) groups is 1. The van der Waals surface area contributed by atoms with E-state index >= 15 is 0 Å². The highest BCUT2D eigenvalue weighted by molar-refractivity contribution is 8.03. The smallest absolute Gasteiger partial charge is 0.238 e. The minimum absolute atomic E-state index is 0.00768. The third-order valence-corrected chi connectivity index (χ3v) is 5.81. The lowest BCUT2D eigenvalue weighted by Gasteiger charge is -2.22. The lowest BCUT2D eigenvalue weighted by molar-refractivity contribution is -0.122. The average molecular weight is 353 g/mol. The van der Waals surface area contributed by atoms with E-state index in [0.29, 0.717) is 10.6 Å². The lowest BCUT2D eigenvalue weighted by Crippen LogP contribution is -2.30. The molecule has 25 heavy (non-hydrogen) atoms. The van der Waals surface area contributed by atoms with E-state index in [1.165, 1.54) is 16.7 Å². The predicted molar refractivity (Wildman–Crippen MR) is 95.6 cm³/mol. The summed E-state index contributed by atoms with van der Waals surface area (Å²) in [5.41, 5.74) is 0.560. The Morgan fingerprint density at radius 3 is 2.04 bits per heavy atom. The van der Waals surface area contributed by atoms with Gasteiger partial charge in [-0.15, -0.1) is 0 Å². The number of rotatable bonds is 3. The molecule has 1 fully saturated rings. The van der Waals surface area contributed by atoms with Crippen LogP contribution in [-0.4, -0.2) is 11.8 Å². The largest absolute Gasteiger partial charge is 0.274 e. The molecule has 0 bridgehead atoms. The van der Waals surface area contributed by atoms with E-state index in [1.54, 1.807) is 24.3 Å². The van der Waals surface area contributed by atoms with Crippen LogP contribution in [0, 0.1) is 11.8 Å². The Balaban J connectivity index is 1.60. The first kappa shape index (κ1) is 16.1. The molecular formula is C20H16FNO2S. The quantitative estimate of drug-likeness (QED) is 0.759. The first-order valence-electron chi connectivity index (χ1n) is 8.18. The summed E-state index contributed by atoms with van der Waals surface area (Å²) in [5.74, 6) is -1.85. The van der Waals surface area contributed by atoms with Crippen LogP contribution in [0.5, 0.6) is 0 Å². The van der Waals surface area contributed by atoms with Crippen molar-refractivity contribution in [2.45, 2.75) is 17.7 Å². The number of amides is 2. The maximum absolute atomic E-state index is 14.6. The number of imide groups is 1. The van der Waals surface area contributed by atoms with Crippen molar-refractivity contribution in [2.75, 3.05) is 4.90 Å². The Morgan fingerprint density at radius 2 is 1.40 bits per heavy atom. The molecule has 0 aromatic heterocycles. The normalized spacial score (nSPS) is 23.2. The molecule has 0 N–H and O–H groups in total. The van der Waals surface area contributed by atoms with Crippen molar-refractivity contribution in [1.82, 2.24) is 0 Å². The van der Waals surface area contributed by atoms with Crippen LogP contribution in [0.25, 0.3) is 0 Å². The number of benzene rings is 2. The maximum Gasteiger partial charge on any atom is 0.238 e. The number of hydrogen-bond donors (Lipinski definition) is 0. The number of halogens is 1. The zero-order chi connectivity index (χ0) is 17.4. The van der Waals surface area contributed by atoms with E-state index in [4.69, 9.17) is 0 Å². The minimum atomic E-state index is -0.590. The number of hydrogen-bond acceptors (Lipinski definition) is 3. The second-order valence-electron chi connectivity index (χ2n) is 6.21. The molecule has 2 aromatic carbocycles.